The molecule has 0 aliphatic carbocycles. The molecule has 0 spiro atoms. The number of hydrogen-bond acceptors (Lipinski definition) is 5. The normalized spacial score (nSPS) is 16.4. The number of urea groups is 1. The van der Waals surface area contributed by atoms with Gasteiger partial charge in [-0.2, -0.15) is 0 Å². The molecule has 4 aromatic rings. The van der Waals surface area contributed by atoms with Crippen molar-refractivity contribution in [2.45, 2.75) is 19.4 Å². The minimum absolute atomic E-state index is 0.225. The maximum Gasteiger partial charge on any atom is 0.328 e. The van der Waals surface area contributed by atoms with Crippen LogP contribution >= 0.6 is 11.6 Å². The van der Waals surface area contributed by atoms with E-state index >= 15 is 0 Å². The zero-order valence-electron chi connectivity index (χ0n) is 25.2. The Morgan fingerprint density at radius 1 is 0.733 bits per heavy atom. The monoisotopic (exact) mass is 620 g/mol. The summed E-state index contributed by atoms with van der Waals surface area (Å²) in [6, 6.07) is 34.1. The summed E-state index contributed by atoms with van der Waals surface area (Å²) in [4.78, 5) is 30.7. The van der Waals surface area contributed by atoms with E-state index in [0.29, 0.717) is 18.8 Å². The molecule has 8 heteroatoms. The topological polar surface area (TPSA) is 76.1 Å². The van der Waals surface area contributed by atoms with Crippen LogP contribution in [0.15, 0.2) is 103 Å². The van der Waals surface area contributed by atoms with Crippen LogP contribution in [0.1, 0.15) is 35.1 Å². The number of nitrogens with one attached hydrogen (secondary N) is 1. The Bertz CT molecular complexity index is 1660. The fraction of sp³-hybridized carbons (Fsp3) is 0.243. The van der Waals surface area contributed by atoms with Gasteiger partial charge in [-0.15, -0.1) is 11.6 Å². The van der Waals surface area contributed by atoms with Crippen molar-refractivity contribution in [3.8, 4) is 5.75 Å². The zero-order chi connectivity index (χ0) is 31.2. The van der Waals surface area contributed by atoms with Gasteiger partial charge in [0.05, 0.1) is 0 Å². The molecule has 0 bridgehead atoms. The van der Waals surface area contributed by atoms with E-state index in [9.17, 15) is 14.7 Å². The lowest BCUT2D eigenvalue weighted by molar-refractivity contribution is -0.120. The van der Waals surface area contributed by atoms with Crippen molar-refractivity contribution in [3.05, 3.63) is 125 Å². The number of hydrogen-bond donors (Lipinski definition) is 2. The summed E-state index contributed by atoms with van der Waals surface area (Å²) in [5.74, 6) is 0.518. The van der Waals surface area contributed by atoms with Crippen molar-refractivity contribution in [1.29, 1.82) is 0 Å². The minimum atomic E-state index is -0.353. The highest BCUT2D eigenvalue weighted by atomic mass is 35.5. The molecule has 0 radical (unpaired) electrons. The van der Waals surface area contributed by atoms with Crippen LogP contribution in [0, 0.1) is 0 Å². The van der Waals surface area contributed by atoms with Gasteiger partial charge >= 0.3 is 6.03 Å². The summed E-state index contributed by atoms with van der Waals surface area (Å²) in [5, 5.41) is 12.4. The number of piperazine rings is 1. The van der Waals surface area contributed by atoms with Crippen molar-refractivity contribution in [2.75, 3.05) is 48.4 Å². The number of alkyl halides is 1. The van der Waals surface area contributed by atoms with Crippen molar-refractivity contribution in [2.24, 2.45) is 0 Å². The van der Waals surface area contributed by atoms with E-state index in [1.807, 2.05) is 48.5 Å². The molecular weight excluding hydrogens is 584 g/mol. The summed E-state index contributed by atoms with van der Waals surface area (Å²) >= 11 is 6.32. The van der Waals surface area contributed by atoms with Gasteiger partial charge < -0.3 is 10.0 Å². The minimum Gasteiger partial charge on any atom is -0.508 e. The van der Waals surface area contributed by atoms with Gasteiger partial charge in [-0.1, -0.05) is 72.8 Å². The molecule has 2 aliphatic heterocycles. The predicted molar refractivity (Wildman–Crippen MR) is 182 cm³/mol. The van der Waals surface area contributed by atoms with Gasteiger partial charge in [0.15, 0.2) is 0 Å². The third-order valence-corrected chi connectivity index (χ3v) is 8.74. The van der Waals surface area contributed by atoms with E-state index in [0.717, 1.165) is 72.7 Å². The number of allylic oxidation sites excluding steroid dienone is 1. The summed E-state index contributed by atoms with van der Waals surface area (Å²) in [6.45, 7) is 4.71. The average Bonchev–Trinajstić information content (AvgIpc) is 3.07. The van der Waals surface area contributed by atoms with Gasteiger partial charge in [0, 0.05) is 62.9 Å². The second-order valence-corrected chi connectivity index (χ2v) is 11.8. The third kappa shape index (κ3) is 7.06. The smallest absolute Gasteiger partial charge is 0.328 e. The first-order valence-electron chi connectivity index (χ1n) is 15.4. The van der Waals surface area contributed by atoms with E-state index in [4.69, 9.17) is 11.6 Å². The number of aromatic hydroxyl groups is 1. The van der Waals surface area contributed by atoms with Crippen LogP contribution in [0.2, 0.25) is 0 Å². The zero-order valence-corrected chi connectivity index (χ0v) is 25.9. The largest absolute Gasteiger partial charge is 0.508 e. The lowest BCUT2D eigenvalue weighted by atomic mass is 9.88. The molecule has 0 unspecified atom stereocenters. The quantitative estimate of drug-likeness (QED) is 0.160. The second-order valence-electron chi connectivity index (χ2n) is 11.4. The molecule has 2 saturated heterocycles. The van der Waals surface area contributed by atoms with Crippen LogP contribution in [-0.2, 0) is 11.3 Å². The summed E-state index contributed by atoms with van der Waals surface area (Å²) in [6.07, 6.45) is 1.03. The van der Waals surface area contributed by atoms with Gasteiger partial charge in [0.1, 0.15) is 5.75 Å². The van der Waals surface area contributed by atoms with Gasteiger partial charge in [0.2, 0.25) is 5.91 Å². The number of rotatable bonds is 9. The van der Waals surface area contributed by atoms with E-state index in [1.54, 1.807) is 17.0 Å². The number of imide groups is 1. The van der Waals surface area contributed by atoms with Crippen LogP contribution in [0.5, 0.6) is 5.75 Å². The number of halogens is 1. The Morgan fingerprint density at radius 3 is 2.04 bits per heavy atom. The number of phenolic OH excluding ortho intramolecular Hbond substituents is 1. The first-order valence-corrected chi connectivity index (χ1v) is 15.9. The SMILES string of the molecule is O=C1CCN(c2ccccc2CN2CCN(c3ccc(C(=C(CCCl)c4ccccc4)c4ccc(O)cc4)cc3)CC2)C(=O)N1. The van der Waals surface area contributed by atoms with Crippen LogP contribution in [0.3, 0.4) is 0 Å². The lowest BCUT2D eigenvalue weighted by Gasteiger charge is -2.37. The number of carbonyl (C=O) groups is 2. The number of phenols is 1. The molecule has 3 amide bonds. The Balaban J connectivity index is 1.18. The first-order chi connectivity index (χ1) is 22.0. The summed E-state index contributed by atoms with van der Waals surface area (Å²) < 4.78 is 0. The van der Waals surface area contributed by atoms with E-state index < -0.39 is 0 Å². The van der Waals surface area contributed by atoms with E-state index in [2.05, 4.69) is 57.6 Å². The molecule has 2 N–H and O–H groups in total. The standard InChI is InChI=1S/C37H37ClN4O3/c38-20-18-33(27-6-2-1-3-7-27)36(29-12-16-32(43)17-13-29)28-10-14-31(15-11-28)41-24-22-40(23-25-41)26-30-8-4-5-9-34(30)42-21-19-35(44)39-37(42)45/h1-17,43H,18-26H2,(H,39,44,45). The predicted octanol–water partition coefficient (Wildman–Crippen LogP) is 6.75. The number of para-hydroxylation sites is 1. The van der Waals surface area contributed by atoms with Crippen LogP contribution < -0.4 is 15.1 Å². The molecule has 230 valence electrons. The number of nitrogens with zero attached hydrogens (tertiary/aromatic N) is 3. The van der Waals surface area contributed by atoms with Gasteiger partial charge in [0.25, 0.3) is 0 Å². The van der Waals surface area contributed by atoms with Crippen LogP contribution in [-0.4, -0.2) is 60.5 Å². The van der Waals surface area contributed by atoms with Gasteiger partial charge in [-0.3, -0.25) is 19.9 Å². The number of anilines is 2. The second kappa shape index (κ2) is 14.0. The van der Waals surface area contributed by atoms with Crippen LogP contribution in [0.4, 0.5) is 16.2 Å². The van der Waals surface area contributed by atoms with E-state index in [-0.39, 0.29) is 17.7 Å². The average molecular weight is 621 g/mol. The highest BCUT2D eigenvalue weighted by Crippen LogP contribution is 2.36. The fourth-order valence-corrected chi connectivity index (χ4v) is 6.43. The maximum absolute atomic E-state index is 12.5. The number of benzene rings is 4. The third-order valence-electron chi connectivity index (χ3n) is 8.55. The Hall–Kier alpha value is -4.59. The highest BCUT2D eigenvalue weighted by Gasteiger charge is 2.27. The van der Waals surface area contributed by atoms with Gasteiger partial charge in [-0.25, -0.2) is 4.79 Å². The Kier molecular flexibility index (Phi) is 9.48. The molecule has 0 aromatic heterocycles. The first kappa shape index (κ1) is 30.4. The molecule has 0 saturated carbocycles. The fourth-order valence-electron chi connectivity index (χ4n) is 6.24. The summed E-state index contributed by atoms with van der Waals surface area (Å²) in [5.41, 5.74) is 8.69. The van der Waals surface area contributed by atoms with Crippen LogP contribution in [0.25, 0.3) is 11.1 Å². The molecule has 7 nitrogen and oxygen atoms in total. The number of carbonyl (C=O) groups excluding carboxylic acids is 2. The molecular formula is C37H37ClN4O3. The van der Waals surface area contributed by atoms with Crippen molar-refractivity contribution < 1.29 is 14.7 Å². The molecule has 2 aliphatic rings. The maximum atomic E-state index is 12.5. The molecule has 45 heavy (non-hydrogen) atoms. The Morgan fingerprint density at radius 2 is 1.38 bits per heavy atom. The molecule has 6 rings (SSSR count). The molecule has 2 fully saturated rings. The van der Waals surface area contributed by atoms with Crippen molar-refractivity contribution in [3.63, 3.8) is 0 Å². The molecule has 0 atom stereocenters. The summed E-state index contributed by atoms with van der Waals surface area (Å²) in [7, 11) is 0. The number of amides is 3. The Labute approximate surface area is 269 Å². The molecule has 4 aromatic carbocycles. The van der Waals surface area contributed by atoms with E-state index in [1.165, 1.54) is 11.3 Å². The lowest BCUT2D eigenvalue weighted by Crippen LogP contribution is -2.50. The van der Waals surface area contributed by atoms with Crippen molar-refractivity contribution in [1.82, 2.24) is 10.2 Å². The highest BCUT2D eigenvalue weighted by molar-refractivity contribution is 6.18. The molecule has 2 heterocycles. The van der Waals surface area contributed by atoms with Crippen molar-refractivity contribution >= 4 is 46.1 Å². The van der Waals surface area contributed by atoms with Gasteiger partial charge in [-0.05, 0) is 70.2 Å².